The smallest absolute Gasteiger partial charge is 0.402 e. The van der Waals surface area contributed by atoms with Crippen molar-refractivity contribution < 1.29 is 27.5 Å². The number of nitrogens with zero attached hydrogens (tertiary/aromatic N) is 1. The highest BCUT2D eigenvalue weighted by Crippen LogP contribution is 2.28. The summed E-state index contributed by atoms with van der Waals surface area (Å²) in [6.45, 7) is -0.916. The first-order valence-corrected chi connectivity index (χ1v) is 5.67. The standard InChI is InChI=1S/C10H9BrF4N2O2/c11-7-2-1-5(3-8(7)12)19-4-6(9(16)17-18)10(13,14)15/h1-3,6,18H,4H2,(H2,16,17). The Hall–Kier alpha value is -1.51. The summed E-state index contributed by atoms with van der Waals surface area (Å²) < 4.78 is 55.8. The largest absolute Gasteiger partial charge is 0.492 e. The van der Waals surface area contributed by atoms with Crippen molar-refractivity contribution in [3.8, 4) is 5.75 Å². The molecule has 106 valence electrons. The van der Waals surface area contributed by atoms with E-state index in [1.165, 1.54) is 12.1 Å². The average Bonchev–Trinajstić information content (AvgIpc) is 2.31. The van der Waals surface area contributed by atoms with Gasteiger partial charge in [0.2, 0.25) is 0 Å². The molecule has 0 amide bonds. The Balaban J connectivity index is 2.79. The predicted octanol–water partition coefficient (Wildman–Crippen LogP) is 2.89. The fourth-order valence-electron chi connectivity index (χ4n) is 1.16. The number of alkyl halides is 3. The van der Waals surface area contributed by atoms with Crippen molar-refractivity contribution in [3.63, 3.8) is 0 Å². The van der Waals surface area contributed by atoms with Gasteiger partial charge in [-0.3, -0.25) is 0 Å². The molecule has 1 unspecified atom stereocenters. The van der Waals surface area contributed by atoms with Crippen LogP contribution in [0.1, 0.15) is 0 Å². The van der Waals surface area contributed by atoms with Gasteiger partial charge in [-0.1, -0.05) is 5.16 Å². The summed E-state index contributed by atoms with van der Waals surface area (Å²) in [5.41, 5.74) is 4.94. The molecule has 1 aromatic carbocycles. The van der Waals surface area contributed by atoms with Gasteiger partial charge in [0.05, 0.1) is 4.47 Å². The highest BCUT2D eigenvalue weighted by molar-refractivity contribution is 9.10. The monoisotopic (exact) mass is 344 g/mol. The maximum atomic E-state index is 13.1. The second kappa shape index (κ2) is 6.09. The summed E-state index contributed by atoms with van der Waals surface area (Å²) in [6, 6.07) is 3.49. The summed E-state index contributed by atoms with van der Waals surface area (Å²) in [4.78, 5) is 0. The normalized spacial score (nSPS) is 14.3. The zero-order valence-electron chi connectivity index (χ0n) is 9.29. The lowest BCUT2D eigenvalue weighted by Crippen LogP contribution is -2.40. The quantitative estimate of drug-likeness (QED) is 0.290. The summed E-state index contributed by atoms with van der Waals surface area (Å²) in [7, 11) is 0. The van der Waals surface area contributed by atoms with E-state index >= 15 is 0 Å². The molecule has 4 nitrogen and oxygen atoms in total. The van der Waals surface area contributed by atoms with E-state index < -0.39 is 30.4 Å². The molecular formula is C10H9BrF4N2O2. The van der Waals surface area contributed by atoms with E-state index in [0.29, 0.717) is 0 Å². The third-order valence-corrected chi connectivity index (χ3v) is 2.82. The lowest BCUT2D eigenvalue weighted by atomic mass is 10.1. The molecule has 0 aliphatic heterocycles. The molecule has 0 aromatic heterocycles. The zero-order chi connectivity index (χ0) is 14.6. The van der Waals surface area contributed by atoms with E-state index in [0.717, 1.165) is 6.07 Å². The fourth-order valence-corrected chi connectivity index (χ4v) is 1.41. The lowest BCUT2D eigenvalue weighted by molar-refractivity contribution is -0.162. The van der Waals surface area contributed by atoms with E-state index in [2.05, 4.69) is 21.1 Å². The Kier molecular flexibility index (Phi) is 4.98. The van der Waals surface area contributed by atoms with E-state index in [1.54, 1.807) is 0 Å². The molecular weight excluding hydrogens is 336 g/mol. The molecule has 0 saturated heterocycles. The molecule has 3 N–H and O–H groups in total. The Labute approximate surface area is 114 Å². The highest BCUT2D eigenvalue weighted by Gasteiger charge is 2.43. The molecule has 9 heteroatoms. The second-order valence-electron chi connectivity index (χ2n) is 3.51. The van der Waals surface area contributed by atoms with Crippen molar-refractivity contribution in [3.05, 3.63) is 28.5 Å². The number of hydrogen-bond acceptors (Lipinski definition) is 3. The number of rotatable bonds is 4. The van der Waals surface area contributed by atoms with Crippen molar-refractivity contribution in [1.82, 2.24) is 0 Å². The highest BCUT2D eigenvalue weighted by atomic mass is 79.9. The van der Waals surface area contributed by atoms with E-state index in [1.807, 2.05) is 0 Å². The van der Waals surface area contributed by atoms with Gasteiger partial charge in [0.15, 0.2) is 5.84 Å². The van der Waals surface area contributed by atoms with Crippen LogP contribution in [0.5, 0.6) is 5.75 Å². The molecule has 0 bridgehead atoms. The first kappa shape index (κ1) is 15.5. The van der Waals surface area contributed by atoms with Crippen LogP contribution in [0.3, 0.4) is 0 Å². The van der Waals surface area contributed by atoms with Crippen LogP contribution >= 0.6 is 15.9 Å². The van der Waals surface area contributed by atoms with Crippen LogP contribution in [0.15, 0.2) is 27.8 Å². The lowest BCUT2D eigenvalue weighted by Gasteiger charge is -2.19. The van der Waals surface area contributed by atoms with Crippen molar-refractivity contribution in [2.45, 2.75) is 6.18 Å². The summed E-state index contributed by atoms with van der Waals surface area (Å²) in [5.74, 6) is -4.07. The van der Waals surface area contributed by atoms with Crippen molar-refractivity contribution in [2.24, 2.45) is 16.8 Å². The summed E-state index contributed by atoms with van der Waals surface area (Å²) in [6.07, 6.45) is -4.73. The molecule has 19 heavy (non-hydrogen) atoms. The molecule has 0 heterocycles. The maximum Gasteiger partial charge on any atom is 0.402 e. The first-order chi connectivity index (χ1) is 8.75. The molecule has 1 rings (SSSR count). The number of nitrogens with two attached hydrogens (primary N) is 1. The van der Waals surface area contributed by atoms with E-state index in [-0.39, 0.29) is 10.2 Å². The zero-order valence-corrected chi connectivity index (χ0v) is 10.9. The van der Waals surface area contributed by atoms with Gasteiger partial charge < -0.3 is 15.7 Å². The number of ether oxygens (including phenoxy) is 1. The number of amidine groups is 1. The molecule has 1 aromatic rings. The SMILES string of the molecule is N/C(=N/O)C(COc1ccc(Br)c(F)c1)C(F)(F)F. The van der Waals surface area contributed by atoms with Crippen LogP contribution in [-0.2, 0) is 0 Å². The predicted molar refractivity (Wildman–Crippen MR) is 62.5 cm³/mol. The number of oxime groups is 1. The molecule has 0 aliphatic rings. The van der Waals surface area contributed by atoms with Crippen LogP contribution < -0.4 is 10.5 Å². The summed E-state index contributed by atoms with van der Waals surface area (Å²) in [5, 5.41) is 10.6. The molecule has 0 fully saturated rings. The van der Waals surface area contributed by atoms with Crippen molar-refractivity contribution >= 4 is 21.8 Å². The van der Waals surface area contributed by atoms with Crippen LogP contribution in [0.25, 0.3) is 0 Å². The van der Waals surface area contributed by atoms with Crippen LogP contribution in [0, 0.1) is 11.7 Å². The number of halogens is 5. The molecule has 0 spiro atoms. The van der Waals surface area contributed by atoms with E-state index in [4.69, 9.17) is 15.7 Å². The average molecular weight is 345 g/mol. The molecule has 0 radical (unpaired) electrons. The van der Waals surface area contributed by atoms with Gasteiger partial charge in [0, 0.05) is 6.07 Å². The molecule has 0 saturated carbocycles. The third kappa shape index (κ3) is 4.27. The van der Waals surface area contributed by atoms with Gasteiger partial charge in [-0.15, -0.1) is 0 Å². The van der Waals surface area contributed by atoms with Gasteiger partial charge in [-0.05, 0) is 28.1 Å². The van der Waals surface area contributed by atoms with Gasteiger partial charge in [0.25, 0.3) is 0 Å². The Morgan fingerprint density at radius 3 is 2.58 bits per heavy atom. The first-order valence-electron chi connectivity index (χ1n) is 4.87. The van der Waals surface area contributed by atoms with Gasteiger partial charge in [-0.2, -0.15) is 13.2 Å². The van der Waals surface area contributed by atoms with Crippen LogP contribution in [0.4, 0.5) is 17.6 Å². The van der Waals surface area contributed by atoms with Gasteiger partial charge in [0.1, 0.15) is 24.1 Å². The minimum Gasteiger partial charge on any atom is -0.492 e. The molecule has 0 aliphatic carbocycles. The Morgan fingerprint density at radius 2 is 2.11 bits per heavy atom. The molecule has 1 atom stereocenters. The van der Waals surface area contributed by atoms with Crippen LogP contribution in [-0.4, -0.2) is 23.8 Å². The fraction of sp³-hybridized carbons (Fsp3) is 0.300. The van der Waals surface area contributed by atoms with Gasteiger partial charge >= 0.3 is 6.18 Å². The number of hydrogen-bond donors (Lipinski definition) is 2. The maximum absolute atomic E-state index is 13.1. The topological polar surface area (TPSA) is 67.8 Å². The van der Waals surface area contributed by atoms with Crippen molar-refractivity contribution in [2.75, 3.05) is 6.61 Å². The third-order valence-electron chi connectivity index (χ3n) is 2.18. The minimum absolute atomic E-state index is 0.0966. The number of benzene rings is 1. The van der Waals surface area contributed by atoms with Gasteiger partial charge in [-0.25, -0.2) is 4.39 Å². The van der Waals surface area contributed by atoms with E-state index in [9.17, 15) is 17.6 Å². The van der Waals surface area contributed by atoms with Crippen molar-refractivity contribution in [1.29, 1.82) is 0 Å². The Morgan fingerprint density at radius 1 is 1.47 bits per heavy atom. The summed E-state index contributed by atoms with van der Waals surface area (Å²) >= 11 is 2.89. The second-order valence-corrected chi connectivity index (χ2v) is 4.36. The minimum atomic E-state index is -4.73. The van der Waals surface area contributed by atoms with Crippen LogP contribution in [0.2, 0.25) is 0 Å². The Bertz CT molecular complexity index is 479.